The fraction of sp³-hybridized carbons (Fsp3) is 0.478. The molecule has 2 bridgehead atoms. The molecule has 0 amide bonds. The van der Waals surface area contributed by atoms with E-state index >= 15 is 0 Å². The van der Waals surface area contributed by atoms with E-state index in [0.29, 0.717) is 23.7 Å². The van der Waals surface area contributed by atoms with Crippen molar-refractivity contribution in [3.63, 3.8) is 0 Å². The van der Waals surface area contributed by atoms with Gasteiger partial charge in [-0.05, 0) is 49.2 Å². The summed E-state index contributed by atoms with van der Waals surface area (Å²) in [6.07, 6.45) is 11.4. The number of Topliss-reactive ketones (excluding diaryl/α,β-unsaturated/α-hetero) is 1. The van der Waals surface area contributed by atoms with E-state index in [1.165, 1.54) is 25.7 Å². The van der Waals surface area contributed by atoms with Crippen LogP contribution in [0.2, 0.25) is 0 Å². The molecule has 1 N–H and O–H groups in total. The molecule has 3 aliphatic rings. The Balaban J connectivity index is 1.38. The second-order valence-corrected chi connectivity index (χ2v) is 9.35. The quantitative estimate of drug-likeness (QED) is 0.650. The van der Waals surface area contributed by atoms with Crippen LogP contribution < -0.4 is 0 Å². The predicted octanol–water partition coefficient (Wildman–Crippen LogP) is 4.60. The van der Waals surface area contributed by atoms with Gasteiger partial charge in [0.15, 0.2) is 5.78 Å². The van der Waals surface area contributed by atoms with Crippen LogP contribution in [-0.2, 0) is 4.79 Å². The number of fused-ring (bicyclic) bond motifs is 2. The summed E-state index contributed by atoms with van der Waals surface area (Å²) in [5.74, 6) is 2.22. The molecule has 0 radical (unpaired) electrons. The third kappa shape index (κ3) is 4.19. The molecular weight excluding hydrogens is 370 g/mol. The lowest BCUT2D eigenvalue weighted by atomic mass is 9.88. The van der Waals surface area contributed by atoms with E-state index in [4.69, 9.17) is 0 Å². The molecule has 0 aromatic heterocycles. The Kier molecular flexibility index (Phi) is 5.90. The first-order chi connectivity index (χ1) is 13.6. The standard InChI is InChI=1S/C23H27NO3S/c25-21(17-5-2-1-3-6-17)10-12-28-22-20(23(26)27)7-4-11-24(22)15-19-14-16-8-9-18(19)13-16/h1-7,11,16,18-19,22H,8-10,12-15H2,(H,26,27). The normalized spacial score (nSPS) is 28.4. The van der Waals surface area contributed by atoms with Crippen LogP contribution in [0.1, 0.15) is 42.5 Å². The van der Waals surface area contributed by atoms with Crippen molar-refractivity contribution in [3.8, 4) is 0 Å². The lowest BCUT2D eigenvalue weighted by Crippen LogP contribution is -2.39. The summed E-state index contributed by atoms with van der Waals surface area (Å²) >= 11 is 1.57. The van der Waals surface area contributed by atoms with Crippen molar-refractivity contribution in [1.29, 1.82) is 0 Å². The van der Waals surface area contributed by atoms with E-state index in [1.807, 2.05) is 42.6 Å². The van der Waals surface area contributed by atoms with Crippen LogP contribution in [0.5, 0.6) is 0 Å². The number of carbonyl (C=O) groups is 2. The van der Waals surface area contributed by atoms with E-state index in [1.54, 1.807) is 17.8 Å². The smallest absolute Gasteiger partial charge is 0.334 e. The first kappa shape index (κ1) is 19.3. The molecule has 1 aromatic rings. The van der Waals surface area contributed by atoms with Crippen LogP contribution in [0.3, 0.4) is 0 Å². The molecule has 1 heterocycles. The second kappa shape index (κ2) is 8.56. The Bertz CT molecular complexity index is 788. The van der Waals surface area contributed by atoms with Crippen molar-refractivity contribution in [2.45, 2.75) is 37.5 Å². The summed E-state index contributed by atoms with van der Waals surface area (Å²) in [5.41, 5.74) is 1.14. The lowest BCUT2D eigenvalue weighted by Gasteiger charge is -2.36. The van der Waals surface area contributed by atoms with Crippen LogP contribution in [0.4, 0.5) is 0 Å². The average molecular weight is 398 g/mol. The van der Waals surface area contributed by atoms with E-state index < -0.39 is 5.97 Å². The zero-order valence-corrected chi connectivity index (χ0v) is 16.8. The molecule has 2 fully saturated rings. The molecular formula is C23H27NO3S. The second-order valence-electron chi connectivity index (χ2n) is 8.16. The van der Waals surface area contributed by atoms with Crippen molar-refractivity contribution in [3.05, 3.63) is 59.8 Å². The van der Waals surface area contributed by atoms with Crippen molar-refractivity contribution in [1.82, 2.24) is 4.90 Å². The number of allylic oxidation sites excluding steroid dienone is 2. The number of carbonyl (C=O) groups excluding carboxylic acids is 1. The molecule has 4 nitrogen and oxygen atoms in total. The molecule has 5 heteroatoms. The lowest BCUT2D eigenvalue weighted by molar-refractivity contribution is -0.133. The van der Waals surface area contributed by atoms with Gasteiger partial charge in [-0.3, -0.25) is 4.79 Å². The van der Waals surface area contributed by atoms with Crippen LogP contribution in [0, 0.1) is 17.8 Å². The van der Waals surface area contributed by atoms with Crippen LogP contribution >= 0.6 is 11.8 Å². The van der Waals surface area contributed by atoms with Gasteiger partial charge in [-0.15, -0.1) is 11.8 Å². The highest BCUT2D eigenvalue weighted by molar-refractivity contribution is 8.00. The number of hydrogen-bond acceptors (Lipinski definition) is 4. The van der Waals surface area contributed by atoms with Gasteiger partial charge in [0, 0.05) is 30.5 Å². The van der Waals surface area contributed by atoms with Gasteiger partial charge in [0.25, 0.3) is 0 Å². The molecule has 2 aliphatic carbocycles. The zero-order valence-electron chi connectivity index (χ0n) is 16.0. The first-order valence-corrected chi connectivity index (χ1v) is 11.2. The Hall–Kier alpha value is -2.01. The SMILES string of the molecule is O=C(O)C1=CC=CN(CC2CC3CCC2C3)C1SCCC(=O)c1ccccc1. The number of ketones is 1. The maximum Gasteiger partial charge on any atom is 0.334 e. The van der Waals surface area contributed by atoms with Gasteiger partial charge in [-0.2, -0.15) is 0 Å². The highest BCUT2D eigenvalue weighted by Gasteiger charge is 2.41. The highest BCUT2D eigenvalue weighted by atomic mass is 32.2. The Labute approximate surface area is 170 Å². The van der Waals surface area contributed by atoms with Crippen molar-refractivity contribution in [2.75, 3.05) is 12.3 Å². The molecule has 4 atom stereocenters. The number of hydrogen-bond donors (Lipinski definition) is 1. The summed E-state index contributed by atoms with van der Waals surface area (Å²) in [7, 11) is 0. The van der Waals surface area contributed by atoms with Gasteiger partial charge in [0.05, 0.1) is 5.57 Å². The number of aliphatic carboxylic acids is 1. The van der Waals surface area contributed by atoms with Crippen molar-refractivity contribution < 1.29 is 14.7 Å². The monoisotopic (exact) mass is 397 g/mol. The van der Waals surface area contributed by atoms with Gasteiger partial charge in [-0.1, -0.05) is 36.8 Å². The van der Waals surface area contributed by atoms with Crippen molar-refractivity contribution in [2.24, 2.45) is 17.8 Å². The summed E-state index contributed by atoms with van der Waals surface area (Å²) in [6.45, 7) is 0.923. The first-order valence-electron chi connectivity index (χ1n) is 10.2. The largest absolute Gasteiger partial charge is 0.478 e. The molecule has 28 heavy (non-hydrogen) atoms. The Morgan fingerprint density at radius 2 is 1.96 bits per heavy atom. The van der Waals surface area contributed by atoms with Gasteiger partial charge in [0.2, 0.25) is 0 Å². The number of rotatable bonds is 8. The molecule has 1 aromatic carbocycles. The fourth-order valence-electron chi connectivity index (χ4n) is 5.02. The van der Waals surface area contributed by atoms with E-state index in [0.717, 1.165) is 23.9 Å². The third-order valence-electron chi connectivity index (χ3n) is 6.40. The van der Waals surface area contributed by atoms with Crippen molar-refractivity contribution >= 4 is 23.5 Å². The number of carboxylic acids is 1. The summed E-state index contributed by atoms with van der Waals surface area (Å²) in [6, 6.07) is 9.31. The van der Waals surface area contributed by atoms with Crippen LogP contribution in [0.15, 0.2) is 54.3 Å². The number of thioether (sulfide) groups is 1. The number of carboxylic acid groups (broad SMARTS) is 1. The molecule has 1 aliphatic heterocycles. The fourth-order valence-corrected chi connectivity index (χ4v) is 6.25. The van der Waals surface area contributed by atoms with E-state index in [-0.39, 0.29) is 11.2 Å². The van der Waals surface area contributed by atoms with Gasteiger partial charge < -0.3 is 10.0 Å². The maximum absolute atomic E-state index is 12.4. The summed E-state index contributed by atoms with van der Waals surface area (Å²) in [5, 5.41) is 9.45. The Morgan fingerprint density at radius 3 is 2.64 bits per heavy atom. The minimum Gasteiger partial charge on any atom is -0.478 e. The Morgan fingerprint density at radius 1 is 1.14 bits per heavy atom. The summed E-state index contributed by atoms with van der Waals surface area (Å²) < 4.78 is 0. The molecule has 2 saturated carbocycles. The predicted molar refractivity (Wildman–Crippen MR) is 112 cm³/mol. The van der Waals surface area contributed by atoms with Gasteiger partial charge in [-0.25, -0.2) is 4.79 Å². The maximum atomic E-state index is 12.4. The molecule has 4 rings (SSSR count). The molecule has 0 saturated heterocycles. The van der Waals surface area contributed by atoms with E-state index in [9.17, 15) is 14.7 Å². The highest BCUT2D eigenvalue weighted by Crippen LogP contribution is 2.49. The summed E-state index contributed by atoms with van der Waals surface area (Å²) in [4.78, 5) is 26.4. The molecule has 0 spiro atoms. The minimum atomic E-state index is -0.867. The average Bonchev–Trinajstić information content (AvgIpc) is 3.32. The number of benzene rings is 1. The topological polar surface area (TPSA) is 57.6 Å². The molecule has 148 valence electrons. The minimum absolute atomic E-state index is 0.111. The van der Waals surface area contributed by atoms with Gasteiger partial charge in [0.1, 0.15) is 5.37 Å². The van der Waals surface area contributed by atoms with Crippen LogP contribution in [0.25, 0.3) is 0 Å². The van der Waals surface area contributed by atoms with Crippen LogP contribution in [-0.4, -0.2) is 39.4 Å². The number of nitrogens with zero attached hydrogens (tertiary/aromatic N) is 1. The van der Waals surface area contributed by atoms with E-state index in [2.05, 4.69) is 4.90 Å². The third-order valence-corrected chi connectivity index (χ3v) is 7.68. The molecule has 4 unspecified atom stereocenters. The zero-order chi connectivity index (χ0) is 19.5. The van der Waals surface area contributed by atoms with Gasteiger partial charge >= 0.3 is 5.97 Å².